The number of thioether (sulfide) groups is 1. The lowest BCUT2D eigenvalue weighted by Gasteiger charge is -2.18. The first-order chi connectivity index (χ1) is 12.2. The summed E-state index contributed by atoms with van der Waals surface area (Å²) in [5.74, 6) is -0.241. The highest BCUT2D eigenvalue weighted by atomic mass is 35.5. The van der Waals surface area contributed by atoms with Crippen LogP contribution in [0.25, 0.3) is 0 Å². The van der Waals surface area contributed by atoms with Crippen molar-refractivity contribution in [3.8, 4) is 0 Å². The molecule has 26 heavy (non-hydrogen) atoms. The molecule has 0 radical (unpaired) electrons. The number of sulfonamides is 1. The zero-order valence-corrected chi connectivity index (χ0v) is 17.3. The molecule has 1 aromatic carbocycles. The summed E-state index contributed by atoms with van der Waals surface area (Å²) in [6.07, 6.45) is 2.39. The third-order valence-electron chi connectivity index (χ3n) is 3.27. The maximum absolute atomic E-state index is 12.5. The first kappa shape index (κ1) is 22.8. The standard InChI is InChI=1S/C16H24ClN3O4S2/c1-11(2)10-15(21)18-19-16(22)14(8-9-25-3)20-26(23,24)13-6-4-12(17)5-7-13/h4-7,11,14,20H,8-10H2,1-3H3,(H,18,21)(H,19,22)/t14-/m1/s1. The van der Waals surface area contributed by atoms with E-state index >= 15 is 0 Å². The summed E-state index contributed by atoms with van der Waals surface area (Å²) < 4.78 is 27.3. The van der Waals surface area contributed by atoms with Gasteiger partial charge in [-0.25, -0.2) is 8.42 Å². The number of rotatable bonds is 9. The van der Waals surface area contributed by atoms with E-state index in [9.17, 15) is 18.0 Å². The van der Waals surface area contributed by atoms with E-state index in [0.717, 1.165) is 0 Å². The van der Waals surface area contributed by atoms with Crippen molar-refractivity contribution in [2.24, 2.45) is 5.92 Å². The number of nitrogens with one attached hydrogen (secondary N) is 3. The second-order valence-electron chi connectivity index (χ2n) is 6.04. The van der Waals surface area contributed by atoms with Crippen LogP contribution in [0.4, 0.5) is 0 Å². The highest BCUT2D eigenvalue weighted by molar-refractivity contribution is 7.98. The van der Waals surface area contributed by atoms with Crippen LogP contribution in [0.2, 0.25) is 5.02 Å². The molecule has 1 rings (SSSR count). The van der Waals surface area contributed by atoms with Crippen LogP contribution in [0.15, 0.2) is 29.2 Å². The van der Waals surface area contributed by atoms with E-state index in [1.807, 2.05) is 20.1 Å². The summed E-state index contributed by atoms with van der Waals surface area (Å²) >= 11 is 7.26. The van der Waals surface area contributed by atoms with Gasteiger partial charge in [0.1, 0.15) is 6.04 Å². The van der Waals surface area contributed by atoms with Gasteiger partial charge in [-0.3, -0.25) is 20.4 Å². The Bertz CT molecular complexity index is 709. The van der Waals surface area contributed by atoms with Gasteiger partial charge < -0.3 is 0 Å². The summed E-state index contributed by atoms with van der Waals surface area (Å²) in [7, 11) is -3.90. The fraction of sp³-hybridized carbons (Fsp3) is 0.500. The van der Waals surface area contributed by atoms with Crippen molar-refractivity contribution in [2.75, 3.05) is 12.0 Å². The molecule has 146 valence electrons. The molecule has 3 N–H and O–H groups in total. The number of halogens is 1. The molecule has 0 aliphatic heterocycles. The Morgan fingerprint density at radius 3 is 2.31 bits per heavy atom. The Balaban J connectivity index is 2.80. The lowest BCUT2D eigenvalue weighted by atomic mass is 10.1. The molecule has 7 nitrogen and oxygen atoms in total. The Hall–Kier alpha value is -1.29. The maximum atomic E-state index is 12.5. The van der Waals surface area contributed by atoms with E-state index in [2.05, 4.69) is 15.6 Å². The van der Waals surface area contributed by atoms with Gasteiger partial charge in [0.25, 0.3) is 5.91 Å². The van der Waals surface area contributed by atoms with E-state index in [-0.39, 0.29) is 29.6 Å². The largest absolute Gasteiger partial charge is 0.273 e. The van der Waals surface area contributed by atoms with Crippen LogP contribution in [0, 0.1) is 5.92 Å². The van der Waals surface area contributed by atoms with Gasteiger partial charge in [0.05, 0.1) is 4.90 Å². The molecule has 0 aliphatic rings. The first-order valence-electron chi connectivity index (χ1n) is 8.01. The predicted octanol–water partition coefficient (Wildman–Crippen LogP) is 1.93. The van der Waals surface area contributed by atoms with Gasteiger partial charge in [-0.1, -0.05) is 25.4 Å². The third kappa shape index (κ3) is 7.94. The Kier molecular flexibility index (Phi) is 9.42. The van der Waals surface area contributed by atoms with Crippen molar-refractivity contribution in [3.05, 3.63) is 29.3 Å². The third-order valence-corrected chi connectivity index (χ3v) is 5.65. The van der Waals surface area contributed by atoms with Crippen LogP contribution < -0.4 is 15.6 Å². The second kappa shape index (κ2) is 10.8. The van der Waals surface area contributed by atoms with Gasteiger partial charge >= 0.3 is 0 Å². The number of hydrogen-bond donors (Lipinski definition) is 3. The SMILES string of the molecule is CSCC[C@@H](NS(=O)(=O)c1ccc(Cl)cc1)C(=O)NNC(=O)CC(C)C. The maximum Gasteiger partial charge on any atom is 0.256 e. The molecule has 0 saturated heterocycles. The predicted molar refractivity (Wildman–Crippen MR) is 104 cm³/mol. The summed E-state index contributed by atoms with van der Waals surface area (Å²) in [5.41, 5.74) is 4.59. The van der Waals surface area contributed by atoms with Crippen molar-refractivity contribution in [2.45, 2.75) is 37.6 Å². The lowest BCUT2D eigenvalue weighted by molar-refractivity contribution is -0.130. The highest BCUT2D eigenvalue weighted by Gasteiger charge is 2.25. The summed E-state index contributed by atoms with van der Waals surface area (Å²) in [4.78, 5) is 24.0. The second-order valence-corrected chi connectivity index (χ2v) is 9.18. The molecule has 0 heterocycles. The molecule has 2 amide bonds. The molecule has 0 bridgehead atoms. The van der Waals surface area contributed by atoms with Crippen molar-refractivity contribution in [3.63, 3.8) is 0 Å². The summed E-state index contributed by atoms with van der Waals surface area (Å²) in [6.45, 7) is 3.76. The van der Waals surface area contributed by atoms with Crippen molar-refractivity contribution in [1.82, 2.24) is 15.6 Å². The topological polar surface area (TPSA) is 104 Å². The van der Waals surface area contributed by atoms with Gasteiger partial charge in [0.15, 0.2) is 0 Å². The minimum absolute atomic E-state index is 0.00712. The van der Waals surface area contributed by atoms with E-state index in [1.54, 1.807) is 0 Å². The fourth-order valence-corrected chi connectivity index (χ4v) is 3.82. The quantitative estimate of drug-likeness (QED) is 0.528. The number of hydrogen-bond acceptors (Lipinski definition) is 5. The molecular formula is C16H24ClN3O4S2. The zero-order valence-electron chi connectivity index (χ0n) is 14.9. The van der Waals surface area contributed by atoms with Crippen LogP contribution in [0.1, 0.15) is 26.7 Å². The normalized spacial score (nSPS) is 12.7. The van der Waals surface area contributed by atoms with Crippen LogP contribution in [-0.2, 0) is 19.6 Å². The van der Waals surface area contributed by atoms with E-state index in [0.29, 0.717) is 10.8 Å². The number of carbonyl (C=O) groups is 2. The Labute approximate surface area is 163 Å². The molecule has 0 aliphatic carbocycles. The first-order valence-corrected chi connectivity index (χ1v) is 11.3. The molecule has 0 spiro atoms. The number of hydrazine groups is 1. The van der Waals surface area contributed by atoms with Gasteiger partial charge in [0, 0.05) is 11.4 Å². The van der Waals surface area contributed by atoms with Gasteiger partial charge in [-0.05, 0) is 48.6 Å². The Morgan fingerprint density at radius 2 is 1.77 bits per heavy atom. The van der Waals surface area contributed by atoms with Gasteiger partial charge in [0.2, 0.25) is 15.9 Å². The van der Waals surface area contributed by atoms with Crippen molar-refractivity contribution >= 4 is 45.2 Å². The van der Waals surface area contributed by atoms with E-state index < -0.39 is 22.0 Å². The minimum Gasteiger partial charge on any atom is -0.273 e. The number of benzene rings is 1. The van der Waals surface area contributed by atoms with Crippen LogP contribution in [0.5, 0.6) is 0 Å². The number of amides is 2. The smallest absolute Gasteiger partial charge is 0.256 e. The van der Waals surface area contributed by atoms with Crippen molar-refractivity contribution in [1.29, 1.82) is 0 Å². The average Bonchev–Trinajstić information content (AvgIpc) is 2.56. The summed E-state index contributed by atoms with van der Waals surface area (Å²) in [5, 5.41) is 0.411. The van der Waals surface area contributed by atoms with E-state index in [1.165, 1.54) is 36.0 Å². The molecular weight excluding hydrogens is 398 g/mol. The minimum atomic E-state index is -3.90. The molecule has 1 atom stereocenters. The zero-order chi connectivity index (χ0) is 19.7. The van der Waals surface area contributed by atoms with Crippen molar-refractivity contribution < 1.29 is 18.0 Å². The monoisotopic (exact) mass is 421 g/mol. The molecule has 0 aromatic heterocycles. The summed E-state index contributed by atoms with van der Waals surface area (Å²) in [6, 6.07) is 4.62. The average molecular weight is 422 g/mol. The molecule has 1 aromatic rings. The Morgan fingerprint density at radius 1 is 1.15 bits per heavy atom. The van der Waals surface area contributed by atoms with Gasteiger partial charge in [-0.2, -0.15) is 16.5 Å². The lowest BCUT2D eigenvalue weighted by Crippen LogP contribution is -2.52. The van der Waals surface area contributed by atoms with Crippen LogP contribution >= 0.6 is 23.4 Å². The molecule has 10 heteroatoms. The molecule has 0 unspecified atom stereocenters. The van der Waals surface area contributed by atoms with Crippen LogP contribution in [0.3, 0.4) is 0 Å². The number of carbonyl (C=O) groups excluding carboxylic acids is 2. The fourth-order valence-electron chi connectivity index (χ4n) is 1.99. The molecule has 0 saturated carbocycles. The van der Waals surface area contributed by atoms with Crippen LogP contribution in [-0.4, -0.2) is 38.3 Å². The van der Waals surface area contributed by atoms with E-state index in [4.69, 9.17) is 11.6 Å². The van der Waals surface area contributed by atoms with Gasteiger partial charge in [-0.15, -0.1) is 0 Å². The molecule has 0 fully saturated rings. The highest BCUT2D eigenvalue weighted by Crippen LogP contribution is 2.15.